The maximum atomic E-state index is 5.71. The predicted molar refractivity (Wildman–Crippen MR) is 69.8 cm³/mol. The number of nitrogens with zero attached hydrogens (tertiary/aromatic N) is 1. The van der Waals surface area contributed by atoms with Gasteiger partial charge in [0, 0.05) is 12.6 Å². The first kappa shape index (κ1) is 12.4. The van der Waals surface area contributed by atoms with Crippen LogP contribution < -0.4 is 15.2 Å². The van der Waals surface area contributed by atoms with Gasteiger partial charge in [0.1, 0.15) is 0 Å². The molecule has 0 unspecified atom stereocenters. The highest BCUT2D eigenvalue weighted by Gasteiger charge is 2.06. The van der Waals surface area contributed by atoms with Crippen molar-refractivity contribution in [3.05, 3.63) is 48.2 Å². The van der Waals surface area contributed by atoms with E-state index in [4.69, 9.17) is 15.2 Å². The number of para-hydroxylation sites is 2. The second-order valence-corrected chi connectivity index (χ2v) is 3.65. The van der Waals surface area contributed by atoms with E-state index in [-0.39, 0.29) is 0 Å². The lowest BCUT2D eigenvalue weighted by Gasteiger charge is -2.10. The van der Waals surface area contributed by atoms with Crippen LogP contribution >= 0.6 is 0 Å². The van der Waals surface area contributed by atoms with E-state index in [1.165, 1.54) is 0 Å². The van der Waals surface area contributed by atoms with E-state index < -0.39 is 0 Å². The first-order chi connectivity index (χ1) is 8.83. The molecule has 0 aliphatic rings. The Kier molecular flexibility index (Phi) is 4.15. The summed E-state index contributed by atoms with van der Waals surface area (Å²) < 4.78 is 11.2. The van der Waals surface area contributed by atoms with Crippen molar-refractivity contribution in [1.29, 1.82) is 0 Å². The van der Waals surface area contributed by atoms with Gasteiger partial charge in [0.25, 0.3) is 0 Å². The summed E-state index contributed by atoms with van der Waals surface area (Å²) >= 11 is 0. The van der Waals surface area contributed by atoms with Gasteiger partial charge in [-0.2, -0.15) is 0 Å². The number of benzene rings is 1. The van der Waals surface area contributed by atoms with Crippen LogP contribution in [0.2, 0.25) is 0 Å². The topological polar surface area (TPSA) is 57.4 Å². The smallest absolute Gasteiger partial charge is 0.219 e. The Labute approximate surface area is 106 Å². The van der Waals surface area contributed by atoms with Crippen LogP contribution in [-0.4, -0.2) is 11.6 Å². The van der Waals surface area contributed by atoms with E-state index in [0.717, 1.165) is 5.69 Å². The van der Waals surface area contributed by atoms with Gasteiger partial charge in [-0.25, -0.2) is 4.98 Å². The van der Waals surface area contributed by atoms with Crippen LogP contribution in [0.15, 0.2) is 42.5 Å². The Hall–Kier alpha value is -2.07. The second-order valence-electron chi connectivity index (χ2n) is 3.65. The molecule has 0 saturated heterocycles. The summed E-state index contributed by atoms with van der Waals surface area (Å²) in [5.41, 5.74) is 6.34. The Bertz CT molecular complexity index is 515. The number of nitrogens with two attached hydrogens (primary N) is 1. The molecule has 0 bridgehead atoms. The summed E-state index contributed by atoms with van der Waals surface area (Å²) in [6.07, 6.45) is 0. The molecule has 0 atom stereocenters. The lowest BCUT2D eigenvalue weighted by atomic mass is 10.3. The van der Waals surface area contributed by atoms with Crippen molar-refractivity contribution in [1.82, 2.24) is 4.98 Å². The Balaban J connectivity index is 2.22. The fourth-order valence-corrected chi connectivity index (χ4v) is 1.55. The van der Waals surface area contributed by atoms with Gasteiger partial charge in [-0.1, -0.05) is 18.2 Å². The summed E-state index contributed by atoms with van der Waals surface area (Å²) in [4.78, 5) is 4.28. The van der Waals surface area contributed by atoms with Crippen LogP contribution in [0.4, 0.5) is 0 Å². The van der Waals surface area contributed by atoms with Crippen molar-refractivity contribution in [2.45, 2.75) is 13.5 Å². The molecule has 0 spiro atoms. The number of pyridine rings is 1. The quantitative estimate of drug-likeness (QED) is 0.878. The van der Waals surface area contributed by atoms with Crippen LogP contribution in [-0.2, 0) is 6.54 Å². The summed E-state index contributed by atoms with van der Waals surface area (Å²) in [6, 6.07) is 13.0. The first-order valence-electron chi connectivity index (χ1n) is 5.89. The Morgan fingerprint density at radius 3 is 2.56 bits per heavy atom. The first-order valence-corrected chi connectivity index (χ1v) is 5.89. The molecule has 1 heterocycles. The van der Waals surface area contributed by atoms with Crippen molar-refractivity contribution in [3.63, 3.8) is 0 Å². The van der Waals surface area contributed by atoms with Crippen LogP contribution in [0.3, 0.4) is 0 Å². The van der Waals surface area contributed by atoms with Crippen LogP contribution in [0.25, 0.3) is 0 Å². The van der Waals surface area contributed by atoms with E-state index >= 15 is 0 Å². The second kappa shape index (κ2) is 6.02. The van der Waals surface area contributed by atoms with E-state index in [0.29, 0.717) is 30.5 Å². The molecule has 0 radical (unpaired) electrons. The normalized spacial score (nSPS) is 10.1. The molecule has 2 N–H and O–H groups in total. The summed E-state index contributed by atoms with van der Waals surface area (Å²) in [7, 11) is 0. The van der Waals surface area contributed by atoms with Crippen LogP contribution in [0.1, 0.15) is 12.6 Å². The number of hydrogen-bond acceptors (Lipinski definition) is 4. The maximum absolute atomic E-state index is 5.71. The van der Waals surface area contributed by atoms with Crippen molar-refractivity contribution in [2.75, 3.05) is 6.61 Å². The largest absolute Gasteiger partial charge is 0.490 e. The molecular formula is C14H16N2O2. The Morgan fingerprint density at radius 1 is 1.06 bits per heavy atom. The highest BCUT2D eigenvalue weighted by atomic mass is 16.5. The number of hydrogen-bond donors (Lipinski definition) is 1. The van der Waals surface area contributed by atoms with Crippen molar-refractivity contribution >= 4 is 0 Å². The highest BCUT2D eigenvalue weighted by molar-refractivity contribution is 5.41. The van der Waals surface area contributed by atoms with Gasteiger partial charge in [0.2, 0.25) is 5.88 Å². The molecular weight excluding hydrogens is 228 g/mol. The average Bonchev–Trinajstić information content (AvgIpc) is 2.41. The fourth-order valence-electron chi connectivity index (χ4n) is 1.55. The zero-order valence-corrected chi connectivity index (χ0v) is 10.3. The lowest BCUT2D eigenvalue weighted by molar-refractivity contribution is 0.319. The minimum absolute atomic E-state index is 0.393. The zero-order valence-electron chi connectivity index (χ0n) is 10.3. The monoisotopic (exact) mass is 244 g/mol. The minimum Gasteiger partial charge on any atom is -0.490 e. The van der Waals surface area contributed by atoms with Gasteiger partial charge in [-0.3, -0.25) is 0 Å². The third-order valence-electron chi connectivity index (χ3n) is 2.35. The standard InChI is InChI=1S/C14H16N2O2/c1-2-17-12-7-3-4-8-13(12)18-14-9-5-6-11(10-15)16-14/h3-9H,2,10,15H2,1H3. The molecule has 0 amide bonds. The maximum Gasteiger partial charge on any atom is 0.219 e. The van der Waals surface area contributed by atoms with Crippen LogP contribution in [0.5, 0.6) is 17.4 Å². The van der Waals surface area contributed by atoms with Gasteiger partial charge in [-0.05, 0) is 25.1 Å². The summed E-state index contributed by atoms with van der Waals surface area (Å²) in [5.74, 6) is 1.88. The van der Waals surface area contributed by atoms with Gasteiger partial charge in [-0.15, -0.1) is 0 Å². The molecule has 4 heteroatoms. The predicted octanol–water partition coefficient (Wildman–Crippen LogP) is 2.73. The highest BCUT2D eigenvalue weighted by Crippen LogP contribution is 2.30. The molecule has 2 aromatic rings. The van der Waals surface area contributed by atoms with E-state index in [2.05, 4.69) is 4.98 Å². The van der Waals surface area contributed by atoms with E-state index in [1.54, 1.807) is 6.07 Å². The molecule has 0 saturated carbocycles. The average molecular weight is 244 g/mol. The van der Waals surface area contributed by atoms with E-state index in [9.17, 15) is 0 Å². The van der Waals surface area contributed by atoms with Crippen molar-refractivity contribution in [2.24, 2.45) is 5.73 Å². The van der Waals surface area contributed by atoms with Crippen molar-refractivity contribution in [3.8, 4) is 17.4 Å². The van der Waals surface area contributed by atoms with Crippen LogP contribution in [0, 0.1) is 0 Å². The molecule has 18 heavy (non-hydrogen) atoms. The molecule has 1 aromatic carbocycles. The van der Waals surface area contributed by atoms with Gasteiger partial charge >= 0.3 is 0 Å². The van der Waals surface area contributed by atoms with Gasteiger partial charge in [0.05, 0.1) is 12.3 Å². The van der Waals surface area contributed by atoms with Gasteiger partial charge < -0.3 is 15.2 Å². The molecule has 94 valence electrons. The zero-order chi connectivity index (χ0) is 12.8. The third-order valence-corrected chi connectivity index (χ3v) is 2.35. The van der Waals surface area contributed by atoms with Gasteiger partial charge in [0.15, 0.2) is 11.5 Å². The molecule has 1 aromatic heterocycles. The number of ether oxygens (including phenoxy) is 2. The summed E-state index contributed by atoms with van der Waals surface area (Å²) in [5, 5.41) is 0. The number of rotatable bonds is 5. The number of aromatic nitrogens is 1. The lowest BCUT2D eigenvalue weighted by Crippen LogP contribution is -2.00. The van der Waals surface area contributed by atoms with E-state index in [1.807, 2.05) is 43.3 Å². The molecule has 0 aliphatic carbocycles. The Morgan fingerprint density at radius 2 is 1.83 bits per heavy atom. The fraction of sp³-hybridized carbons (Fsp3) is 0.214. The SMILES string of the molecule is CCOc1ccccc1Oc1cccc(CN)n1. The molecule has 0 fully saturated rings. The molecule has 0 aliphatic heterocycles. The molecule has 2 rings (SSSR count). The molecule has 4 nitrogen and oxygen atoms in total. The summed E-state index contributed by atoms with van der Waals surface area (Å²) in [6.45, 7) is 2.92. The third kappa shape index (κ3) is 2.99. The minimum atomic E-state index is 0.393. The van der Waals surface area contributed by atoms with Crippen molar-refractivity contribution < 1.29 is 9.47 Å².